The Kier molecular flexibility index (Phi) is 8.30. The fraction of sp³-hybridized carbons (Fsp3) is 0.545. The van der Waals surface area contributed by atoms with E-state index in [9.17, 15) is 0 Å². The van der Waals surface area contributed by atoms with Gasteiger partial charge in [0.05, 0.1) is 18.2 Å². The molecule has 1 aromatic carbocycles. The molecule has 1 atom stereocenters. The number of aromatic nitrogens is 1. The molecule has 2 heterocycles. The number of benzene rings is 1. The third-order valence-corrected chi connectivity index (χ3v) is 5.89. The van der Waals surface area contributed by atoms with Gasteiger partial charge in [-0.05, 0) is 32.3 Å². The second-order valence-corrected chi connectivity index (χ2v) is 8.27. The van der Waals surface area contributed by atoms with Gasteiger partial charge in [-0.3, -0.25) is 4.99 Å². The molecule has 28 heavy (non-hydrogen) atoms. The Morgan fingerprint density at radius 1 is 1.36 bits per heavy atom. The van der Waals surface area contributed by atoms with Gasteiger partial charge in [-0.1, -0.05) is 30.3 Å². The van der Waals surface area contributed by atoms with Gasteiger partial charge in [-0.2, -0.15) is 0 Å². The molecule has 0 spiro atoms. The van der Waals surface area contributed by atoms with E-state index in [0.717, 1.165) is 63.7 Å². The van der Waals surface area contributed by atoms with Gasteiger partial charge in [0.15, 0.2) is 5.96 Å². The Labute approximate surface area is 172 Å². The molecule has 0 bridgehead atoms. The molecular weight excluding hydrogens is 368 g/mol. The van der Waals surface area contributed by atoms with E-state index in [4.69, 9.17) is 9.73 Å². The lowest BCUT2D eigenvalue weighted by molar-refractivity contribution is 0.0907. The predicted molar refractivity (Wildman–Crippen MR) is 117 cm³/mol. The van der Waals surface area contributed by atoms with E-state index in [1.165, 1.54) is 10.6 Å². The number of hydrogen-bond acceptors (Lipinski definition) is 4. The molecule has 152 valence electrons. The van der Waals surface area contributed by atoms with Crippen LogP contribution < -0.4 is 5.32 Å². The molecular formula is C22H32N4OS. The van der Waals surface area contributed by atoms with Gasteiger partial charge in [0, 0.05) is 49.6 Å². The van der Waals surface area contributed by atoms with Crippen LogP contribution in [0.5, 0.6) is 0 Å². The molecule has 5 nitrogen and oxygen atoms in total. The molecule has 1 aromatic heterocycles. The summed E-state index contributed by atoms with van der Waals surface area (Å²) in [5.41, 5.74) is 2.36. The van der Waals surface area contributed by atoms with Crippen LogP contribution in [0.2, 0.25) is 0 Å². The van der Waals surface area contributed by atoms with Gasteiger partial charge >= 0.3 is 0 Å². The molecule has 0 amide bonds. The van der Waals surface area contributed by atoms with Crippen molar-refractivity contribution in [2.45, 2.75) is 39.7 Å². The lowest BCUT2D eigenvalue weighted by Gasteiger charge is -2.21. The predicted octanol–water partition coefficient (Wildman–Crippen LogP) is 3.89. The zero-order valence-electron chi connectivity index (χ0n) is 17.1. The average Bonchev–Trinajstić information content (AvgIpc) is 3.34. The monoisotopic (exact) mass is 400 g/mol. The second-order valence-electron chi connectivity index (χ2n) is 7.32. The van der Waals surface area contributed by atoms with Crippen LogP contribution in [0.3, 0.4) is 0 Å². The van der Waals surface area contributed by atoms with Crippen LogP contribution in [-0.2, 0) is 17.8 Å². The van der Waals surface area contributed by atoms with E-state index < -0.39 is 0 Å². The summed E-state index contributed by atoms with van der Waals surface area (Å²) in [6.07, 6.45) is 3.22. The first-order valence-corrected chi connectivity index (χ1v) is 11.2. The highest BCUT2D eigenvalue weighted by Gasteiger charge is 2.24. The Morgan fingerprint density at radius 2 is 2.21 bits per heavy atom. The highest BCUT2D eigenvalue weighted by molar-refractivity contribution is 7.09. The lowest BCUT2D eigenvalue weighted by Crippen LogP contribution is -2.40. The maximum Gasteiger partial charge on any atom is 0.193 e. The van der Waals surface area contributed by atoms with Crippen molar-refractivity contribution in [1.82, 2.24) is 15.2 Å². The number of aryl methyl sites for hydroxylation is 2. The summed E-state index contributed by atoms with van der Waals surface area (Å²) in [7, 11) is 0. The summed E-state index contributed by atoms with van der Waals surface area (Å²) < 4.78 is 5.95. The topological polar surface area (TPSA) is 49.8 Å². The Morgan fingerprint density at radius 3 is 2.96 bits per heavy atom. The number of hydrogen-bond donors (Lipinski definition) is 1. The highest BCUT2D eigenvalue weighted by Crippen LogP contribution is 2.17. The first kappa shape index (κ1) is 20.8. The highest BCUT2D eigenvalue weighted by atomic mass is 32.1. The van der Waals surface area contributed by atoms with Crippen molar-refractivity contribution in [3.8, 4) is 0 Å². The number of guanidine groups is 1. The second kappa shape index (κ2) is 11.2. The maximum atomic E-state index is 5.95. The lowest BCUT2D eigenvalue weighted by atomic mass is 10.1. The molecule has 1 unspecified atom stereocenters. The van der Waals surface area contributed by atoms with E-state index in [1.807, 2.05) is 6.07 Å². The summed E-state index contributed by atoms with van der Waals surface area (Å²) in [4.78, 5) is 11.8. The smallest absolute Gasteiger partial charge is 0.193 e. The van der Waals surface area contributed by atoms with Crippen LogP contribution in [0.15, 0.2) is 40.7 Å². The van der Waals surface area contributed by atoms with Gasteiger partial charge in [-0.25, -0.2) is 4.98 Å². The number of nitrogens with one attached hydrogen (secondary N) is 1. The number of likely N-dealkylation sites (tertiary alicyclic amines) is 1. The Bertz CT molecular complexity index is 731. The van der Waals surface area contributed by atoms with Gasteiger partial charge in [0.2, 0.25) is 0 Å². The average molecular weight is 401 g/mol. The minimum absolute atomic E-state index is 0.575. The van der Waals surface area contributed by atoms with Crippen molar-refractivity contribution in [2.24, 2.45) is 10.9 Å². The number of ether oxygens (including phenoxy) is 1. The molecule has 3 rings (SSSR count). The van der Waals surface area contributed by atoms with E-state index >= 15 is 0 Å². The van der Waals surface area contributed by atoms with E-state index in [1.54, 1.807) is 11.3 Å². The van der Waals surface area contributed by atoms with Crippen LogP contribution in [-0.4, -0.2) is 48.6 Å². The molecule has 1 saturated heterocycles. The summed E-state index contributed by atoms with van der Waals surface area (Å²) in [5, 5.41) is 6.79. The van der Waals surface area contributed by atoms with Crippen molar-refractivity contribution in [3.05, 3.63) is 52.0 Å². The number of thiazole rings is 1. The summed E-state index contributed by atoms with van der Waals surface area (Å²) >= 11 is 1.75. The van der Waals surface area contributed by atoms with Crippen molar-refractivity contribution in [3.63, 3.8) is 0 Å². The van der Waals surface area contributed by atoms with E-state index in [0.29, 0.717) is 12.5 Å². The van der Waals surface area contributed by atoms with E-state index in [2.05, 4.69) is 58.7 Å². The van der Waals surface area contributed by atoms with Crippen LogP contribution in [0.1, 0.15) is 36.0 Å². The zero-order valence-corrected chi connectivity index (χ0v) is 17.9. The first-order chi connectivity index (χ1) is 13.7. The molecule has 1 aliphatic rings. The van der Waals surface area contributed by atoms with Crippen LogP contribution in [0.25, 0.3) is 0 Å². The van der Waals surface area contributed by atoms with E-state index in [-0.39, 0.29) is 0 Å². The van der Waals surface area contributed by atoms with Gasteiger partial charge in [-0.15, -0.1) is 11.3 Å². The van der Waals surface area contributed by atoms with Crippen molar-refractivity contribution in [2.75, 3.05) is 32.8 Å². The van der Waals surface area contributed by atoms with Crippen LogP contribution in [0, 0.1) is 12.8 Å². The first-order valence-electron chi connectivity index (χ1n) is 10.3. The third-order valence-electron chi connectivity index (χ3n) is 4.86. The third kappa shape index (κ3) is 6.60. The fourth-order valence-electron chi connectivity index (χ4n) is 3.44. The minimum Gasteiger partial charge on any atom is -0.376 e. The van der Waals surface area contributed by atoms with Gasteiger partial charge < -0.3 is 15.0 Å². The van der Waals surface area contributed by atoms with Crippen LogP contribution >= 0.6 is 11.3 Å². The number of aliphatic imine (C=N–C) groups is 1. The number of nitrogens with zero attached hydrogens (tertiary/aromatic N) is 3. The van der Waals surface area contributed by atoms with Crippen molar-refractivity contribution < 1.29 is 4.74 Å². The normalized spacial score (nSPS) is 17.3. The molecule has 2 aromatic rings. The summed E-state index contributed by atoms with van der Waals surface area (Å²) in [6, 6.07) is 10.4. The maximum absolute atomic E-state index is 5.95. The molecule has 0 saturated carbocycles. The Hall–Kier alpha value is -1.92. The SMILES string of the molecule is CCNC(=NCCCc1nc(C)cs1)N1CCC(COCc2ccccc2)C1. The van der Waals surface area contributed by atoms with Crippen LogP contribution in [0.4, 0.5) is 0 Å². The molecule has 0 aliphatic carbocycles. The number of rotatable bonds is 9. The van der Waals surface area contributed by atoms with Crippen molar-refractivity contribution >= 4 is 17.3 Å². The van der Waals surface area contributed by atoms with Crippen molar-refractivity contribution in [1.29, 1.82) is 0 Å². The largest absolute Gasteiger partial charge is 0.376 e. The fourth-order valence-corrected chi connectivity index (χ4v) is 4.26. The molecule has 6 heteroatoms. The zero-order chi connectivity index (χ0) is 19.6. The molecule has 0 radical (unpaired) electrons. The van der Waals surface area contributed by atoms with Gasteiger partial charge in [0.25, 0.3) is 0 Å². The molecule has 1 N–H and O–H groups in total. The van der Waals surface area contributed by atoms with Gasteiger partial charge in [0.1, 0.15) is 0 Å². The standard InChI is InChI=1S/C22H32N4OS/c1-3-23-22(24-12-7-10-21-25-18(2)17-28-21)26-13-11-20(14-26)16-27-15-19-8-5-4-6-9-19/h4-6,8-9,17,20H,3,7,10-16H2,1-2H3,(H,23,24). The molecule has 1 fully saturated rings. The quantitative estimate of drug-likeness (QED) is 0.394. The molecule has 1 aliphatic heterocycles. The minimum atomic E-state index is 0.575. The summed E-state index contributed by atoms with van der Waals surface area (Å²) in [5.74, 6) is 1.62. The summed E-state index contributed by atoms with van der Waals surface area (Å²) in [6.45, 7) is 9.50. The Balaban J connectivity index is 1.40.